The average Bonchev–Trinajstić information content (AvgIpc) is 3.05. The van der Waals surface area contributed by atoms with Crippen LogP contribution in [0.1, 0.15) is 22.4 Å². The second-order valence-corrected chi connectivity index (χ2v) is 9.78. The number of oxime groups is 1. The molecule has 9 nitrogen and oxygen atoms in total. The molecule has 226 valence electrons. The Balaban J connectivity index is 1.74. The first-order valence-corrected chi connectivity index (χ1v) is 13.8. The van der Waals surface area contributed by atoms with E-state index >= 15 is 0 Å². The van der Waals surface area contributed by atoms with Crippen LogP contribution in [-0.4, -0.2) is 43.2 Å². The monoisotopic (exact) mass is 634 g/mol. The van der Waals surface area contributed by atoms with Gasteiger partial charge in [-0.3, -0.25) is 9.78 Å². The molecule has 4 rings (SSSR count). The van der Waals surface area contributed by atoms with Crippen LogP contribution in [0.2, 0.25) is 10.0 Å². The van der Waals surface area contributed by atoms with Gasteiger partial charge in [0.15, 0.2) is 17.3 Å². The van der Waals surface area contributed by atoms with Crippen molar-refractivity contribution in [3.05, 3.63) is 124 Å². The largest absolute Gasteiger partial charge is 0.493 e. The van der Waals surface area contributed by atoms with Crippen LogP contribution in [0.25, 0.3) is 11.8 Å². The van der Waals surface area contributed by atoms with Gasteiger partial charge in [-0.05, 0) is 65.8 Å². The number of para-hydroxylation sites is 1. The van der Waals surface area contributed by atoms with E-state index in [9.17, 15) is 10.0 Å². The van der Waals surface area contributed by atoms with Crippen LogP contribution in [0.3, 0.4) is 0 Å². The summed E-state index contributed by atoms with van der Waals surface area (Å²) in [6.07, 6.45) is 5.79. The first kappa shape index (κ1) is 31.9. The van der Waals surface area contributed by atoms with Gasteiger partial charge in [-0.2, -0.15) is 0 Å². The van der Waals surface area contributed by atoms with Crippen molar-refractivity contribution < 1.29 is 33.7 Å². The quantitative estimate of drug-likeness (QED) is 0.0427. The molecule has 0 unspecified atom stereocenters. The molecule has 0 saturated carbocycles. The van der Waals surface area contributed by atoms with Crippen molar-refractivity contribution in [2.45, 2.75) is 6.61 Å². The fraction of sp³-hybridized carbons (Fsp3) is 0.121. The van der Waals surface area contributed by atoms with Crippen molar-refractivity contribution in [3.63, 3.8) is 0 Å². The fourth-order valence-corrected chi connectivity index (χ4v) is 4.48. The molecular weight excluding hydrogens is 607 g/mol. The van der Waals surface area contributed by atoms with E-state index in [1.54, 1.807) is 79.0 Å². The Morgan fingerprint density at radius 1 is 0.909 bits per heavy atom. The number of aromatic nitrogens is 1. The molecule has 4 aromatic rings. The predicted octanol–water partition coefficient (Wildman–Crippen LogP) is 7.47. The van der Waals surface area contributed by atoms with Crippen LogP contribution in [0, 0.1) is 0 Å². The summed E-state index contributed by atoms with van der Waals surface area (Å²) < 4.78 is 28.5. The summed E-state index contributed by atoms with van der Waals surface area (Å²) in [5.74, 6) is 0.649. The molecule has 0 fully saturated rings. The smallest absolute Gasteiger partial charge is 0.263 e. The van der Waals surface area contributed by atoms with E-state index in [0.717, 1.165) is 0 Å². The molecule has 1 heterocycles. The summed E-state index contributed by atoms with van der Waals surface area (Å²) >= 11 is 12.4. The number of carbonyl (C=O) groups excluding carboxylic acids is 1. The minimum Gasteiger partial charge on any atom is -0.493 e. The molecular formula is C33H28Cl2N2O7. The standard InChI is InChI=1S/C33H28Cl2N2O7/c1-40-30-16-22(17-31(41-2)32(30)42-3)33(37-39)44-29(19-25(38)14-13-24-8-6-7-15-36-24)26-9-4-5-10-28(26)43-20-21-11-12-23(34)18-27(21)35/h4-19,39H,20H2,1-3H3. The van der Waals surface area contributed by atoms with E-state index in [0.29, 0.717) is 49.9 Å². The normalized spacial score (nSPS) is 11.8. The maximum Gasteiger partial charge on any atom is 0.263 e. The molecule has 0 amide bonds. The zero-order chi connectivity index (χ0) is 31.5. The average molecular weight is 636 g/mol. The number of pyridine rings is 1. The van der Waals surface area contributed by atoms with Gasteiger partial charge < -0.3 is 28.9 Å². The Morgan fingerprint density at radius 3 is 2.27 bits per heavy atom. The second-order valence-electron chi connectivity index (χ2n) is 8.94. The van der Waals surface area contributed by atoms with Gasteiger partial charge in [0.05, 0.1) is 32.6 Å². The number of benzene rings is 3. The lowest BCUT2D eigenvalue weighted by Gasteiger charge is -2.17. The zero-order valence-electron chi connectivity index (χ0n) is 24.0. The molecule has 0 spiro atoms. The third-order valence-corrected chi connectivity index (χ3v) is 6.73. The van der Waals surface area contributed by atoms with Crippen molar-refractivity contribution in [1.82, 2.24) is 4.98 Å². The summed E-state index contributed by atoms with van der Waals surface area (Å²) in [6, 6.07) is 20.4. The van der Waals surface area contributed by atoms with Crippen LogP contribution in [0.15, 0.2) is 96.3 Å². The maximum absolute atomic E-state index is 13.2. The van der Waals surface area contributed by atoms with Gasteiger partial charge in [0, 0.05) is 33.4 Å². The zero-order valence-corrected chi connectivity index (χ0v) is 25.5. The number of carbonyl (C=O) groups is 1. The molecule has 44 heavy (non-hydrogen) atoms. The highest BCUT2D eigenvalue weighted by Gasteiger charge is 2.21. The lowest BCUT2D eigenvalue weighted by Crippen LogP contribution is -2.10. The molecule has 11 heteroatoms. The Morgan fingerprint density at radius 2 is 1.64 bits per heavy atom. The maximum atomic E-state index is 13.2. The van der Waals surface area contributed by atoms with E-state index in [-0.39, 0.29) is 23.8 Å². The number of ketones is 1. The highest BCUT2D eigenvalue weighted by Crippen LogP contribution is 2.39. The van der Waals surface area contributed by atoms with Gasteiger partial charge in [0.1, 0.15) is 18.1 Å². The summed E-state index contributed by atoms with van der Waals surface area (Å²) in [6.45, 7) is 0.0989. The van der Waals surface area contributed by atoms with Crippen LogP contribution < -0.4 is 18.9 Å². The van der Waals surface area contributed by atoms with Gasteiger partial charge in [-0.15, -0.1) is 0 Å². The third kappa shape index (κ3) is 8.09. The van der Waals surface area contributed by atoms with E-state index in [1.165, 1.54) is 33.5 Å². The molecule has 1 N–H and O–H groups in total. The molecule has 0 aliphatic heterocycles. The van der Waals surface area contributed by atoms with Crippen molar-refractivity contribution in [3.8, 4) is 23.0 Å². The van der Waals surface area contributed by atoms with Crippen LogP contribution in [0.5, 0.6) is 23.0 Å². The first-order chi connectivity index (χ1) is 21.4. The number of methoxy groups -OCH3 is 3. The summed E-state index contributed by atoms with van der Waals surface area (Å²) in [5, 5.41) is 14.4. The van der Waals surface area contributed by atoms with Crippen molar-refractivity contribution in [1.29, 1.82) is 0 Å². The highest BCUT2D eigenvalue weighted by molar-refractivity contribution is 6.35. The van der Waals surface area contributed by atoms with Gasteiger partial charge >= 0.3 is 0 Å². The number of halogens is 2. The van der Waals surface area contributed by atoms with Gasteiger partial charge in [-0.25, -0.2) is 0 Å². The van der Waals surface area contributed by atoms with E-state index in [1.807, 2.05) is 6.07 Å². The fourth-order valence-electron chi connectivity index (χ4n) is 4.02. The van der Waals surface area contributed by atoms with Crippen LogP contribution in [-0.2, 0) is 16.1 Å². The van der Waals surface area contributed by atoms with Gasteiger partial charge in [-0.1, -0.05) is 47.5 Å². The lowest BCUT2D eigenvalue weighted by molar-refractivity contribution is -0.110. The van der Waals surface area contributed by atoms with E-state index in [4.69, 9.17) is 46.9 Å². The molecule has 0 bridgehead atoms. The number of allylic oxidation sites excluding steroid dienone is 2. The molecule has 0 saturated heterocycles. The molecule has 0 radical (unpaired) electrons. The Hall–Kier alpha value is -4.99. The lowest BCUT2D eigenvalue weighted by atomic mass is 10.1. The van der Waals surface area contributed by atoms with Crippen LogP contribution >= 0.6 is 23.2 Å². The Kier molecular flexibility index (Phi) is 11.2. The minimum absolute atomic E-state index is 0.0278. The number of rotatable bonds is 12. The Labute approximate surface area is 264 Å². The second kappa shape index (κ2) is 15.5. The van der Waals surface area contributed by atoms with E-state index < -0.39 is 5.78 Å². The number of nitrogens with zero attached hydrogens (tertiary/aromatic N) is 2. The molecule has 0 aliphatic carbocycles. The van der Waals surface area contributed by atoms with E-state index in [2.05, 4.69) is 10.1 Å². The highest BCUT2D eigenvalue weighted by atomic mass is 35.5. The molecule has 0 aliphatic rings. The third-order valence-electron chi connectivity index (χ3n) is 6.14. The van der Waals surface area contributed by atoms with Gasteiger partial charge in [0.2, 0.25) is 5.75 Å². The number of hydrogen-bond acceptors (Lipinski definition) is 9. The SMILES string of the molecule is COc1cc(C(=NO)OC(=CC(=O)C=Cc2ccccn2)c2ccccc2OCc2ccc(Cl)cc2Cl)cc(OC)c1OC. The predicted molar refractivity (Wildman–Crippen MR) is 169 cm³/mol. The number of ether oxygens (including phenoxy) is 5. The molecule has 0 atom stereocenters. The molecule has 3 aromatic carbocycles. The first-order valence-electron chi connectivity index (χ1n) is 13.1. The summed E-state index contributed by atoms with van der Waals surface area (Å²) in [4.78, 5) is 17.4. The van der Waals surface area contributed by atoms with Crippen LogP contribution in [0.4, 0.5) is 0 Å². The van der Waals surface area contributed by atoms with Gasteiger partial charge in [0.25, 0.3) is 5.90 Å². The molecule has 1 aromatic heterocycles. The summed E-state index contributed by atoms with van der Waals surface area (Å²) in [5.41, 5.74) is 1.96. The van der Waals surface area contributed by atoms with Crippen molar-refractivity contribution >= 4 is 46.7 Å². The summed E-state index contributed by atoms with van der Waals surface area (Å²) in [7, 11) is 4.38. The topological polar surface area (TPSA) is 109 Å². The minimum atomic E-state index is -0.427. The van der Waals surface area contributed by atoms with Crippen molar-refractivity contribution in [2.75, 3.05) is 21.3 Å². The number of hydrogen-bond donors (Lipinski definition) is 1. The van der Waals surface area contributed by atoms with Crippen molar-refractivity contribution in [2.24, 2.45) is 5.16 Å². The Bertz CT molecular complexity index is 1680.